The first kappa shape index (κ1) is 22.1. The highest BCUT2D eigenvalue weighted by atomic mass is 79.9. The van der Waals surface area contributed by atoms with Crippen LogP contribution in [0.25, 0.3) is 0 Å². The van der Waals surface area contributed by atoms with E-state index < -0.39 is 5.97 Å². The molecule has 168 valence electrons. The van der Waals surface area contributed by atoms with Gasteiger partial charge in [0.15, 0.2) is 11.5 Å². The quantitative estimate of drug-likeness (QED) is 0.551. The van der Waals surface area contributed by atoms with Crippen molar-refractivity contribution in [2.45, 2.75) is 32.2 Å². The highest BCUT2D eigenvalue weighted by molar-refractivity contribution is 9.10. The van der Waals surface area contributed by atoms with Crippen LogP contribution in [0, 0.1) is 11.8 Å². The van der Waals surface area contributed by atoms with Crippen LogP contribution in [0.15, 0.2) is 40.9 Å². The summed E-state index contributed by atoms with van der Waals surface area (Å²) in [4.78, 5) is 36.8. The molecule has 2 aromatic carbocycles. The lowest BCUT2D eigenvalue weighted by Gasteiger charge is -2.25. The molecular formula is C23H23BrN2O6. The lowest BCUT2D eigenvalue weighted by molar-refractivity contribution is -0.143. The molecule has 3 N–H and O–H groups in total. The molecule has 9 heteroatoms. The second-order valence-electron chi connectivity index (χ2n) is 7.94. The molecule has 0 unspecified atom stereocenters. The molecular weight excluding hydrogens is 480 g/mol. The maximum absolute atomic E-state index is 12.9. The van der Waals surface area contributed by atoms with Crippen molar-refractivity contribution < 1.29 is 29.0 Å². The average molecular weight is 503 g/mol. The van der Waals surface area contributed by atoms with Crippen molar-refractivity contribution in [3.8, 4) is 11.5 Å². The van der Waals surface area contributed by atoms with Crippen LogP contribution < -0.4 is 20.1 Å². The molecule has 32 heavy (non-hydrogen) atoms. The van der Waals surface area contributed by atoms with Gasteiger partial charge in [-0.25, -0.2) is 0 Å². The van der Waals surface area contributed by atoms with E-state index in [0.717, 1.165) is 5.56 Å². The summed E-state index contributed by atoms with van der Waals surface area (Å²) in [7, 11) is 0. The molecule has 8 nitrogen and oxygen atoms in total. The number of carbonyl (C=O) groups is 3. The summed E-state index contributed by atoms with van der Waals surface area (Å²) in [6.07, 6.45) is 2.00. The molecule has 2 aromatic rings. The van der Waals surface area contributed by atoms with Crippen LogP contribution in [0.4, 0.5) is 5.69 Å². The monoisotopic (exact) mass is 502 g/mol. The highest BCUT2D eigenvalue weighted by Crippen LogP contribution is 2.33. The number of carboxylic acids is 1. The molecule has 4 rings (SSSR count). The van der Waals surface area contributed by atoms with Crippen LogP contribution in [0.5, 0.6) is 11.5 Å². The van der Waals surface area contributed by atoms with Crippen molar-refractivity contribution in [2.75, 3.05) is 12.1 Å². The van der Waals surface area contributed by atoms with Gasteiger partial charge in [0.2, 0.25) is 12.7 Å². The van der Waals surface area contributed by atoms with E-state index in [0.29, 0.717) is 52.9 Å². The smallest absolute Gasteiger partial charge is 0.306 e. The first-order valence-electron chi connectivity index (χ1n) is 10.4. The first-order valence-corrected chi connectivity index (χ1v) is 11.2. The van der Waals surface area contributed by atoms with Crippen molar-refractivity contribution in [1.29, 1.82) is 0 Å². The number of hydrogen-bond acceptors (Lipinski definition) is 5. The van der Waals surface area contributed by atoms with E-state index in [2.05, 4.69) is 26.6 Å². The maximum Gasteiger partial charge on any atom is 0.306 e. The van der Waals surface area contributed by atoms with Crippen LogP contribution in [0.2, 0.25) is 0 Å². The Balaban J connectivity index is 1.40. The van der Waals surface area contributed by atoms with Crippen LogP contribution in [-0.2, 0) is 16.1 Å². The van der Waals surface area contributed by atoms with Gasteiger partial charge < -0.3 is 25.2 Å². The number of ether oxygens (including phenoxy) is 2. The Labute approximate surface area is 193 Å². The van der Waals surface area contributed by atoms with Gasteiger partial charge in [0.1, 0.15) is 0 Å². The van der Waals surface area contributed by atoms with E-state index in [1.807, 2.05) is 12.1 Å². The maximum atomic E-state index is 12.9. The molecule has 0 bridgehead atoms. The van der Waals surface area contributed by atoms with Gasteiger partial charge in [0.05, 0.1) is 17.2 Å². The number of carbonyl (C=O) groups excluding carboxylic acids is 2. The van der Waals surface area contributed by atoms with Crippen molar-refractivity contribution >= 4 is 39.4 Å². The summed E-state index contributed by atoms with van der Waals surface area (Å²) >= 11 is 3.38. The topological polar surface area (TPSA) is 114 Å². The van der Waals surface area contributed by atoms with Crippen molar-refractivity contribution in [2.24, 2.45) is 11.8 Å². The van der Waals surface area contributed by atoms with E-state index in [1.165, 1.54) is 0 Å². The zero-order valence-electron chi connectivity index (χ0n) is 17.2. The zero-order chi connectivity index (χ0) is 22.7. The Morgan fingerprint density at radius 2 is 1.69 bits per heavy atom. The van der Waals surface area contributed by atoms with Gasteiger partial charge in [-0.1, -0.05) is 22.0 Å². The number of carboxylic acid groups (broad SMARTS) is 1. The molecule has 1 heterocycles. The number of halogens is 1. The SMILES string of the molecule is O=C(NCc1ccc2c(c1)OCO2)c1cc(Br)ccc1NC(=O)[C@H]1CC[C@H](C(=O)O)CC1. The summed E-state index contributed by atoms with van der Waals surface area (Å²) in [5, 5.41) is 14.9. The van der Waals surface area contributed by atoms with Crippen LogP contribution in [0.1, 0.15) is 41.6 Å². The molecule has 1 aliphatic heterocycles. The van der Waals surface area contributed by atoms with E-state index in [9.17, 15) is 14.4 Å². The number of rotatable bonds is 6. The normalized spacial score (nSPS) is 19.3. The number of nitrogens with one attached hydrogen (secondary N) is 2. The van der Waals surface area contributed by atoms with Crippen LogP contribution >= 0.6 is 15.9 Å². The van der Waals surface area contributed by atoms with Gasteiger partial charge in [-0.05, 0) is 61.6 Å². The fourth-order valence-electron chi connectivity index (χ4n) is 3.98. The number of aliphatic carboxylic acids is 1. The summed E-state index contributed by atoms with van der Waals surface area (Å²) < 4.78 is 11.4. The molecule has 1 aliphatic carbocycles. The second-order valence-corrected chi connectivity index (χ2v) is 8.85. The van der Waals surface area contributed by atoms with E-state index in [4.69, 9.17) is 14.6 Å². The van der Waals surface area contributed by atoms with Crippen molar-refractivity contribution in [3.63, 3.8) is 0 Å². The highest BCUT2D eigenvalue weighted by Gasteiger charge is 2.30. The molecule has 2 amide bonds. The fraction of sp³-hybridized carbons (Fsp3) is 0.348. The Morgan fingerprint density at radius 3 is 2.44 bits per heavy atom. The standard InChI is InChI=1S/C23H23BrN2O6/c24-16-6-7-18(26-21(27)14-2-4-15(5-3-14)23(29)30)17(10-16)22(28)25-11-13-1-8-19-20(9-13)32-12-31-19/h1,6-10,14-15H,2-5,11-12H2,(H,25,28)(H,26,27)(H,29,30)/t14-,15-. The minimum atomic E-state index is -0.807. The van der Waals surface area contributed by atoms with Gasteiger partial charge >= 0.3 is 5.97 Å². The van der Waals surface area contributed by atoms with Crippen molar-refractivity contribution in [3.05, 3.63) is 52.0 Å². The molecule has 0 radical (unpaired) electrons. The largest absolute Gasteiger partial charge is 0.481 e. The zero-order valence-corrected chi connectivity index (χ0v) is 18.8. The van der Waals surface area contributed by atoms with Gasteiger partial charge in [-0.3, -0.25) is 14.4 Å². The number of anilines is 1. The lowest BCUT2D eigenvalue weighted by atomic mass is 9.81. The second kappa shape index (κ2) is 9.60. The molecule has 0 aromatic heterocycles. The fourth-order valence-corrected chi connectivity index (χ4v) is 4.34. The number of fused-ring (bicyclic) bond motifs is 1. The van der Waals surface area contributed by atoms with Gasteiger partial charge in [0, 0.05) is 16.9 Å². The minimum absolute atomic E-state index is 0.185. The van der Waals surface area contributed by atoms with E-state index >= 15 is 0 Å². The van der Waals surface area contributed by atoms with Crippen molar-refractivity contribution in [1.82, 2.24) is 5.32 Å². The third-order valence-corrected chi connectivity index (χ3v) is 6.31. The summed E-state index contributed by atoms with van der Waals surface area (Å²) in [5.41, 5.74) is 1.62. The van der Waals surface area contributed by atoms with Crippen LogP contribution in [0.3, 0.4) is 0 Å². The molecule has 0 saturated heterocycles. The Kier molecular flexibility index (Phi) is 6.64. The predicted octanol–water partition coefficient (Wildman–Crippen LogP) is 3.94. The van der Waals surface area contributed by atoms with E-state index in [1.54, 1.807) is 24.3 Å². The lowest BCUT2D eigenvalue weighted by Crippen LogP contribution is -2.30. The third kappa shape index (κ3) is 5.04. The average Bonchev–Trinajstić information content (AvgIpc) is 3.26. The van der Waals surface area contributed by atoms with Gasteiger partial charge in [-0.15, -0.1) is 0 Å². The molecule has 1 fully saturated rings. The molecule has 0 spiro atoms. The molecule has 2 aliphatic rings. The number of amides is 2. The third-order valence-electron chi connectivity index (χ3n) is 5.82. The Hall–Kier alpha value is -3.07. The van der Waals surface area contributed by atoms with E-state index in [-0.39, 0.29) is 37.0 Å². The summed E-state index contributed by atoms with van der Waals surface area (Å²) in [6.45, 7) is 0.471. The Morgan fingerprint density at radius 1 is 0.969 bits per heavy atom. The predicted molar refractivity (Wildman–Crippen MR) is 120 cm³/mol. The first-order chi connectivity index (χ1) is 15.4. The van der Waals surface area contributed by atoms with Gasteiger partial charge in [0.25, 0.3) is 5.91 Å². The Bertz CT molecular complexity index is 1050. The number of benzene rings is 2. The minimum Gasteiger partial charge on any atom is -0.481 e. The van der Waals surface area contributed by atoms with Gasteiger partial charge in [-0.2, -0.15) is 0 Å². The van der Waals surface area contributed by atoms with Crippen LogP contribution in [-0.4, -0.2) is 29.7 Å². The molecule has 0 atom stereocenters. The summed E-state index contributed by atoms with van der Waals surface area (Å²) in [5.74, 6) is -0.657. The summed E-state index contributed by atoms with van der Waals surface area (Å²) in [6, 6.07) is 10.6. The number of hydrogen-bond donors (Lipinski definition) is 3. The molecule has 1 saturated carbocycles.